The van der Waals surface area contributed by atoms with Gasteiger partial charge in [0.15, 0.2) is 7.83 Å². The number of hydrogen-bond donors (Lipinski definition) is 3. The molecule has 0 heterocycles. The molecule has 0 saturated heterocycles. The lowest BCUT2D eigenvalue weighted by Gasteiger charge is -2.11. The maximum Gasteiger partial charge on any atom is 0.460 e. The first-order valence-corrected chi connectivity index (χ1v) is 7.79. The molecule has 0 aliphatic rings. The summed E-state index contributed by atoms with van der Waals surface area (Å²) >= 11 is 0. The Morgan fingerprint density at radius 1 is 1.50 bits per heavy atom. The highest BCUT2D eigenvalue weighted by atomic mass is 29.6. The molecule has 4 radical (unpaired) electrons. The summed E-state index contributed by atoms with van der Waals surface area (Å²) in [5.41, 5.74) is 1.33. The molecule has 0 aromatic heterocycles. The molecule has 0 bridgehead atoms. The molecular weight excluding hydrogens is 156 g/mol. The van der Waals surface area contributed by atoms with Crippen LogP contribution in [0.1, 0.15) is 0 Å². The first-order chi connectivity index (χ1) is 3.48. The molecule has 3 nitrogen and oxygen atoms in total. The summed E-state index contributed by atoms with van der Waals surface area (Å²) in [6.07, 6.45) is 0. The lowest BCUT2D eigenvalue weighted by molar-refractivity contribution is 0.259. The lowest BCUT2D eigenvalue weighted by Crippen LogP contribution is -2.52. The van der Waals surface area contributed by atoms with Gasteiger partial charge in [-0.15, -0.1) is 12.3 Å². The van der Waals surface area contributed by atoms with Gasteiger partial charge in [0.05, 0.1) is 0 Å². The molecule has 0 aliphatic carbocycles. The van der Waals surface area contributed by atoms with E-state index in [1.165, 1.54) is 5.70 Å². The second kappa shape index (κ2) is 2.71. The van der Waals surface area contributed by atoms with Crippen LogP contribution in [-0.2, 0) is 0 Å². The SMILES string of the molecule is C=C[Si]([Si])[Si](O)(O)O. The van der Waals surface area contributed by atoms with Crippen LogP contribution in [0.4, 0.5) is 0 Å². The fourth-order valence-corrected chi connectivity index (χ4v) is 1.23. The van der Waals surface area contributed by atoms with E-state index in [-0.39, 0.29) is 0 Å². The molecule has 0 rings (SSSR count). The van der Waals surface area contributed by atoms with Crippen LogP contribution in [0.3, 0.4) is 0 Å². The van der Waals surface area contributed by atoms with Crippen LogP contribution < -0.4 is 0 Å². The van der Waals surface area contributed by atoms with Gasteiger partial charge in [-0.3, -0.25) is 0 Å². The van der Waals surface area contributed by atoms with Crippen LogP contribution in [0.25, 0.3) is 0 Å². The van der Waals surface area contributed by atoms with Crippen LogP contribution in [0.15, 0.2) is 12.3 Å². The Labute approximate surface area is 53.3 Å². The molecule has 0 amide bonds. The fraction of sp³-hybridized carbons (Fsp3) is 0. The zero-order valence-electron chi connectivity index (χ0n) is 4.13. The highest BCUT2D eigenvalue weighted by Gasteiger charge is 2.34. The predicted molar refractivity (Wildman–Crippen MR) is 34.1 cm³/mol. The lowest BCUT2D eigenvalue weighted by atomic mass is 11.3. The van der Waals surface area contributed by atoms with E-state index in [1.807, 2.05) is 0 Å². The Bertz CT molecular complexity index is 87.0. The van der Waals surface area contributed by atoms with Crippen molar-refractivity contribution in [1.82, 2.24) is 0 Å². The Morgan fingerprint density at radius 3 is 1.88 bits per heavy atom. The highest BCUT2D eigenvalue weighted by molar-refractivity contribution is 7.43. The maximum absolute atomic E-state index is 8.46. The van der Waals surface area contributed by atoms with Gasteiger partial charge in [0, 0.05) is 9.76 Å². The summed E-state index contributed by atoms with van der Waals surface area (Å²) < 4.78 is 0. The average molecular weight is 162 g/mol. The summed E-state index contributed by atoms with van der Waals surface area (Å²) in [5.74, 6) is 0. The van der Waals surface area contributed by atoms with Crippen molar-refractivity contribution in [3.63, 3.8) is 0 Å². The average Bonchev–Trinajstić information content (AvgIpc) is 1.62. The minimum Gasteiger partial charge on any atom is -0.393 e. The topological polar surface area (TPSA) is 60.7 Å². The summed E-state index contributed by atoms with van der Waals surface area (Å²) in [6.45, 7) is 3.28. The van der Waals surface area contributed by atoms with Gasteiger partial charge in [0.1, 0.15) is 0 Å². The maximum atomic E-state index is 8.46. The first-order valence-electron chi connectivity index (χ1n) is 1.87. The fourth-order valence-electron chi connectivity index (χ4n) is 0.137. The van der Waals surface area contributed by atoms with E-state index < -0.39 is 16.2 Å². The molecule has 0 aliphatic heterocycles. The molecule has 0 aromatic carbocycles. The highest BCUT2D eigenvalue weighted by Crippen LogP contribution is 1.89. The molecule has 0 unspecified atom stereocenters. The second-order valence-electron chi connectivity index (χ2n) is 1.25. The molecule has 44 valence electrons. The van der Waals surface area contributed by atoms with E-state index >= 15 is 0 Å². The van der Waals surface area contributed by atoms with Crippen molar-refractivity contribution in [2.24, 2.45) is 0 Å². The Balaban J connectivity index is 3.80. The molecule has 0 saturated carbocycles. The number of hydrogen-bond acceptors (Lipinski definition) is 3. The van der Waals surface area contributed by atoms with Crippen LogP contribution >= 0.6 is 0 Å². The summed E-state index contributed by atoms with van der Waals surface area (Å²) in [4.78, 5) is 25.4. The first kappa shape index (κ1) is 8.27. The third kappa shape index (κ3) is 2.55. The molecule has 8 heavy (non-hydrogen) atoms. The van der Waals surface area contributed by atoms with Gasteiger partial charge in [0.25, 0.3) is 0 Å². The van der Waals surface area contributed by atoms with Crippen LogP contribution in [0.2, 0.25) is 0 Å². The van der Waals surface area contributed by atoms with E-state index in [0.717, 1.165) is 0 Å². The second-order valence-corrected chi connectivity index (χ2v) is 10.5. The van der Waals surface area contributed by atoms with Crippen molar-refractivity contribution in [2.45, 2.75) is 0 Å². The Morgan fingerprint density at radius 2 is 1.88 bits per heavy atom. The molecule has 0 fully saturated rings. The standard InChI is InChI=1S/C2H6O3Si3/c1-2-7(6)8(3,4)5/h2-5H,1H2. The molecular formula is C2H6O3Si3. The van der Waals surface area contributed by atoms with E-state index in [1.54, 1.807) is 0 Å². The normalized spacial score (nSPS) is 12.1. The zero-order chi connectivity index (χ0) is 6.78. The van der Waals surface area contributed by atoms with E-state index in [2.05, 4.69) is 16.3 Å². The van der Waals surface area contributed by atoms with Crippen LogP contribution in [0.5, 0.6) is 0 Å². The van der Waals surface area contributed by atoms with Gasteiger partial charge in [-0.25, -0.2) is 0 Å². The van der Waals surface area contributed by atoms with Gasteiger partial charge >= 0.3 is 8.32 Å². The van der Waals surface area contributed by atoms with Gasteiger partial charge in [0.2, 0.25) is 0 Å². The predicted octanol–water partition coefficient (Wildman–Crippen LogP) is -2.13. The van der Waals surface area contributed by atoms with Crippen molar-refractivity contribution in [3.8, 4) is 0 Å². The third-order valence-corrected chi connectivity index (χ3v) is 8.11. The van der Waals surface area contributed by atoms with Crippen LogP contribution in [0, 0.1) is 0 Å². The zero-order valence-corrected chi connectivity index (χ0v) is 7.13. The number of rotatable bonds is 2. The van der Waals surface area contributed by atoms with Gasteiger partial charge in [-0.2, -0.15) is 0 Å². The van der Waals surface area contributed by atoms with E-state index in [0.29, 0.717) is 0 Å². The van der Waals surface area contributed by atoms with E-state index in [4.69, 9.17) is 14.4 Å². The quantitative estimate of drug-likeness (QED) is 0.406. The molecule has 0 aromatic rings. The third-order valence-electron chi connectivity index (χ3n) is 0.565. The molecule has 0 spiro atoms. The van der Waals surface area contributed by atoms with Gasteiger partial charge in [-0.05, 0) is 0 Å². The Hall–Kier alpha value is 0.271. The smallest absolute Gasteiger partial charge is 0.393 e. The summed E-state index contributed by atoms with van der Waals surface area (Å²) in [7, 11) is -2.59. The minimum absolute atomic E-state index is 1.33. The largest absolute Gasteiger partial charge is 0.460 e. The summed E-state index contributed by atoms with van der Waals surface area (Å²) in [5, 5.41) is 0. The van der Waals surface area contributed by atoms with Crippen molar-refractivity contribution >= 4 is 25.9 Å². The van der Waals surface area contributed by atoms with Crippen LogP contribution in [-0.4, -0.2) is 40.3 Å². The molecule has 0 atom stereocenters. The van der Waals surface area contributed by atoms with E-state index in [9.17, 15) is 0 Å². The van der Waals surface area contributed by atoms with Crippen molar-refractivity contribution < 1.29 is 14.4 Å². The van der Waals surface area contributed by atoms with Gasteiger partial charge < -0.3 is 14.4 Å². The van der Waals surface area contributed by atoms with Crippen molar-refractivity contribution in [2.75, 3.05) is 0 Å². The Kier molecular flexibility index (Phi) is 2.80. The summed E-state index contributed by atoms with van der Waals surface area (Å²) in [6, 6.07) is 0. The monoisotopic (exact) mass is 162 g/mol. The van der Waals surface area contributed by atoms with Crippen molar-refractivity contribution in [1.29, 1.82) is 0 Å². The van der Waals surface area contributed by atoms with Crippen molar-refractivity contribution in [3.05, 3.63) is 12.3 Å². The van der Waals surface area contributed by atoms with Gasteiger partial charge in [-0.1, -0.05) is 0 Å². The molecule has 6 heteroatoms. The minimum atomic E-state index is -3.86. The molecule has 3 N–H and O–H groups in total.